The molecule has 1 atom stereocenters. The van der Waals surface area contributed by atoms with Crippen molar-refractivity contribution in [2.45, 2.75) is 60.5 Å². The molecule has 0 amide bonds. The highest BCUT2D eigenvalue weighted by atomic mass is 35.5. The summed E-state index contributed by atoms with van der Waals surface area (Å²) in [6, 6.07) is 23.2. The first-order valence-electron chi connectivity index (χ1n) is 22.8. The smallest absolute Gasteiger partial charge is 0.416 e. The van der Waals surface area contributed by atoms with E-state index in [0.29, 0.717) is 65.2 Å². The van der Waals surface area contributed by atoms with Crippen LogP contribution >= 0.6 is 12.4 Å². The molecule has 14 nitrogen and oxygen atoms in total. The summed E-state index contributed by atoms with van der Waals surface area (Å²) < 4.78 is 176. The van der Waals surface area contributed by atoms with Crippen molar-refractivity contribution in [3.63, 3.8) is 0 Å². The third kappa shape index (κ3) is 9.63. The molecule has 6 heterocycles. The molecule has 1 aromatic heterocycles. The van der Waals surface area contributed by atoms with Gasteiger partial charge in [-0.2, -0.15) is 47.7 Å². The Morgan fingerprint density at radius 2 is 1.15 bits per heavy atom. The van der Waals surface area contributed by atoms with E-state index >= 15 is 0 Å². The van der Waals surface area contributed by atoms with Crippen molar-refractivity contribution in [2.24, 2.45) is 0 Å². The molecule has 12 rings (SSSR count). The molecule has 0 saturated heterocycles. The van der Waals surface area contributed by atoms with E-state index in [1.165, 1.54) is 19.8 Å². The number of halogens is 7. The van der Waals surface area contributed by atoms with Crippen LogP contribution in [-0.2, 0) is 64.9 Å². The first-order valence-corrected chi connectivity index (χ1v) is 25.7. The fourth-order valence-corrected chi connectivity index (χ4v) is 11.8. The Balaban J connectivity index is 0.000000169. The van der Waals surface area contributed by atoms with E-state index in [2.05, 4.69) is 4.90 Å². The molecule has 75 heavy (non-hydrogen) atoms. The lowest BCUT2D eigenvalue weighted by molar-refractivity contribution is -0.686. The summed E-state index contributed by atoms with van der Waals surface area (Å²) in [6.45, 7) is 2.16. The van der Waals surface area contributed by atoms with E-state index < -0.39 is 48.6 Å². The van der Waals surface area contributed by atoms with Crippen molar-refractivity contribution in [1.82, 2.24) is 4.90 Å². The van der Waals surface area contributed by atoms with E-state index in [-0.39, 0.29) is 59.9 Å². The number of pyridine rings is 1. The van der Waals surface area contributed by atoms with Crippen LogP contribution in [0.5, 0.6) is 46.0 Å². The fraction of sp³-hybridized carbons (Fsp3) is 0.250. The first kappa shape index (κ1) is 51.4. The maximum atomic E-state index is 13.1. The van der Waals surface area contributed by atoms with Gasteiger partial charge in [-0.1, -0.05) is 6.07 Å². The third-order valence-electron chi connectivity index (χ3n) is 13.5. The van der Waals surface area contributed by atoms with Crippen molar-refractivity contribution in [3.8, 4) is 57.3 Å². The summed E-state index contributed by atoms with van der Waals surface area (Å²) in [5.74, 6) is 3.23. The number of nitrogens with zero attached hydrogens (tertiary/aromatic N) is 2. The molecule has 0 spiro atoms. The van der Waals surface area contributed by atoms with Crippen LogP contribution in [0.1, 0.15) is 45.0 Å². The number of benzene rings is 6. The van der Waals surface area contributed by atoms with Gasteiger partial charge in [0.2, 0.25) is 19.3 Å². The van der Waals surface area contributed by atoms with E-state index in [0.717, 1.165) is 89.5 Å². The zero-order valence-corrected chi connectivity index (χ0v) is 41.9. The van der Waals surface area contributed by atoms with Crippen LogP contribution in [0.2, 0.25) is 0 Å². The van der Waals surface area contributed by atoms with Crippen LogP contribution < -0.4 is 41.4 Å². The number of fused-ring (bicyclic) bond motifs is 10. The maximum Gasteiger partial charge on any atom is 0.416 e. The van der Waals surface area contributed by atoms with Gasteiger partial charge in [-0.3, -0.25) is 4.90 Å². The summed E-state index contributed by atoms with van der Waals surface area (Å²) in [5.41, 5.74) is 5.03. The highest BCUT2D eigenvalue weighted by Crippen LogP contribution is 2.48. The third-order valence-corrected chi connectivity index (χ3v) is 16.0. The lowest BCUT2D eigenvalue weighted by Crippen LogP contribution is -2.40. The normalized spacial score (nSPS) is 16.2. The van der Waals surface area contributed by atoms with Gasteiger partial charge >= 0.3 is 32.6 Å². The van der Waals surface area contributed by atoms with Gasteiger partial charge in [0.15, 0.2) is 58.7 Å². The quantitative estimate of drug-likeness (QED) is 0.0808. The standard InChI is InChI=1S/C26H22F3NO6S.C26H19F3NO6S.ClH/c2*1-33-22-7-2-15-10-21-19-12-24-23(34-14-35-24)11-16(19)8-9-30(21)13-20(15)25(22)36-37(31,32)18-5-3-17(4-6-18)26(27,28)29;/h2-7,11-12,21H,8-10,13-14H2,1H3;2-7,10-13H,8-9,14H2,1H3;1H/q;+1;. The van der Waals surface area contributed by atoms with Gasteiger partial charge < -0.3 is 36.8 Å². The predicted molar refractivity (Wildman–Crippen MR) is 258 cm³/mol. The summed E-state index contributed by atoms with van der Waals surface area (Å²) in [6.07, 6.45) is -5.24. The minimum atomic E-state index is -4.59. The van der Waals surface area contributed by atoms with Crippen LogP contribution in [0.4, 0.5) is 26.3 Å². The van der Waals surface area contributed by atoms with Gasteiger partial charge in [-0.05, 0) is 131 Å². The van der Waals surface area contributed by atoms with Gasteiger partial charge in [0.1, 0.15) is 9.79 Å². The highest BCUT2D eigenvalue weighted by Gasteiger charge is 2.38. The Morgan fingerprint density at radius 1 is 0.613 bits per heavy atom. The summed E-state index contributed by atoms with van der Waals surface area (Å²) in [7, 11) is -6.10. The molecule has 0 saturated carbocycles. The van der Waals surface area contributed by atoms with Crippen LogP contribution in [0, 0.1) is 0 Å². The van der Waals surface area contributed by atoms with Crippen molar-refractivity contribution < 1.29 is 84.5 Å². The van der Waals surface area contributed by atoms with Gasteiger partial charge in [0.05, 0.1) is 36.3 Å². The fourth-order valence-electron chi connectivity index (χ4n) is 9.83. The molecule has 1 unspecified atom stereocenters. The van der Waals surface area contributed by atoms with Crippen LogP contribution in [0.15, 0.2) is 119 Å². The molecule has 5 aliphatic rings. The molecule has 0 bridgehead atoms. The summed E-state index contributed by atoms with van der Waals surface area (Å²) in [4.78, 5) is 1.47. The Morgan fingerprint density at radius 3 is 1.73 bits per heavy atom. The number of methoxy groups -OCH3 is 2. The molecule has 5 aliphatic heterocycles. The number of rotatable bonds is 8. The molecule has 392 valence electrons. The van der Waals surface area contributed by atoms with Crippen molar-refractivity contribution >= 4 is 43.4 Å². The van der Waals surface area contributed by atoms with Gasteiger partial charge in [0, 0.05) is 37.2 Å². The Hall–Kier alpha value is -7.14. The predicted octanol–water partition coefficient (Wildman–Crippen LogP) is 10.2. The van der Waals surface area contributed by atoms with Gasteiger partial charge in [-0.25, -0.2) is 0 Å². The highest BCUT2D eigenvalue weighted by molar-refractivity contribution is 7.87. The Labute approximate surface area is 431 Å². The average molecular weight is 1100 g/mol. The molecular formula is C52H42ClF6N2O12S2+. The number of alkyl halides is 6. The molecule has 23 heteroatoms. The van der Waals surface area contributed by atoms with E-state index in [9.17, 15) is 43.2 Å². The zero-order valence-electron chi connectivity index (χ0n) is 39.4. The van der Waals surface area contributed by atoms with E-state index in [1.54, 1.807) is 24.4 Å². The van der Waals surface area contributed by atoms with Crippen LogP contribution in [0.3, 0.4) is 0 Å². The van der Waals surface area contributed by atoms with Gasteiger partial charge in [-0.15, -0.1) is 12.4 Å². The van der Waals surface area contributed by atoms with Gasteiger partial charge in [0.25, 0.3) is 0 Å². The number of aryl methyl sites for hydroxylation is 2. The number of ether oxygens (including phenoxy) is 6. The largest absolute Gasteiger partial charge is 0.493 e. The minimum absolute atomic E-state index is 0. The molecular weight excluding hydrogens is 1060 g/mol. The lowest BCUT2D eigenvalue weighted by Gasteiger charge is -2.42. The molecule has 6 aromatic carbocycles. The number of hydrogen-bond donors (Lipinski definition) is 0. The second kappa shape index (κ2) is 19.2. The monoisotopic (exact) mass is 1100 g/mol. The maximum absolute atomic E-state index is 13.1. The summed E-state index contributed by atoms with van der Waals surface area (Å²) in [5, 5.41) is 1.16. The zero-order chi connectivity index (χ0) is 51.9. The number of hydrogen-bond acceptors (Lipinski definition) is 13. The Bertz CT molecular complexity index is 3640. The molecule has 0 radical (unpaired) electrons. The van der Waals surface area contributed by atoms with E-state index in [1.807, 2.05) is 41.0 Å². The molecule has 0 N–H and O–H groups in total. The number of aromatic nitrogens is 1. The summed E-state index contributed by atoms with van der Waals surface area (Å²) >= 11 is 0. The Kier molecular flexibility index (Phi) is 13.2. The van der Waals surface area contributed by atoms with Crippen LogP contribution in [0.25, 0.3) is 22.0 Å². The molecule has 7 aromatic rings. The topological polar surface area (TPSA) is 149 Å². The lowest BCUT2D eigenvalue weighted by atomic mass is 9.83. The molecule has 0 fully saturated rings. The van der Waals surface area contributed by atoms with Crippen LogP contribution in [-0.4, -0.2) is 56.1 Å². The minimum Gasteiger partial charge on any atom is -0.493 e. The molecule has 0 aliphatic carbocycles. The van der Waals surface area contributed by atoms with Crippen molar-refractivity contribution in [2.75, 3.05) is 34.4 Å². The second-order valence-electron chi connectivity index (χ2n) is 17.8. The van der Waals surface area contributed by atoms with Crippen molar-refractivity contribution in [1.29, 1.82) is 0 Å². The first-order chi connectivity index (χ1) is 35.3. The SMILES string of the molecule is COc1ccc2c(c1OS(=O)(=O)c1ccc(C(F)(F)F)cc1)CN1CCc3cc4c(cc3C1C2)OCO4.COc1ccc2cc3[n+](cc2c1OS(=O)(=O)c1ccc(C(F)(F)F)cc1)CCc1cc2c(cc1-3)OCO2.Cl. The van der Waals surface area contributed by atoms with E-state index in [4.69, 9.17) is 36.8 Å². The second-order valence-corrected chi connectivity index (χ2v) is 20.9. The van der Waals surface area contributed by atoms with Crippen molar-refractivity contribution in [3.05, 3.63) is 148 Å². The average Bonchev–Trinajstić information content (AvgIpc) is 4.05.